The minimum atomic E-state index is -0.265. The number of anilines is 2. The van der Waals surface area contributed by atoms with Crippen LogP contribution in [-0.2, 0) is 6.54 Å². The fourth-order valence-electron chi connectivity index (χ4n) is 3.46. The quantitative estimate of drug-likeness (QED) is 0.539. The van der Waals surface area contributed by atoms with Crippen LogP contribution in [0.15, 0.2) is 42.5 Å². The first-order valence-electron chi connectivity index (χ1n) is 9.01. The van der Waals surface area contributed by atoms with Crippen molar-refractivity contribution in [2.45, 2.75) is 38.3 Å². The molecule has 26 heavy (non-hydrogen) atoms. The first kappa shape index (κ1) is 16.8. The molecule has 134 valence electrons. The molecule has 2 aromatic carbocycles. The number of nitrogens with two attached hydrogens (primary N) is 1. The molecule has 0 atom stereocenters. The molecule has 0 spiro atoms. The van der Waals surface area contributed by atoms with Crippen LogP contribution in [-0.4, -0.2) is 11.3 Å². The van der Waals surface area contributed by atoms with E-state index in [0.29, 0.717) is 11.4 Å². The second kappa shape index (κ2) is 6.25. The van der Waals surface area contributed by atoms with E-state index in [9.17, 15) is 4.39 Å². The van der Waals surface area contributed by atoms with Gasteiger partial charge in [-0.2, -0.15) is 0 Å². The maximum absolute atomic E-state index is 13.0. The summed E-state index contributed by atoms with van der Waals surface area (Å²) >= 11 is 0. The average molecular weight is 350 g/mol. The van der Waals surface area contributed by atoms with E-state index < -0.39 is 0 Å². The summed E-state index contributed by atoms with van der Waals surface area (Å²) in [5.41, 5.74) is 14.9. The van der Waals surface area contributed by atoms with Crippen LogP contribution in [0.1, 0.15) is 42.9 Å². The summed E-state index contributed by atoms with van der Waals surface area (Å²) in [5, 5.41) is 10.6. The van der Waals surface area contributed by atoms with Gasteiger partial charge in [-0.05, 0) is 55.2 Å². The highest BCUT2D eigenvalue weighted by atomic mass is 19.1. The van der Waals surface area contributed by atoms with Gasteiger partial charge in [-0.1, -0.05) is 25.1 Å². The standard InChI is InChI=1S/C21H23FN4/c1-2-21(11-12-21)25-26-13-16-19(26)10-9-18(24)20(16)17(23)8-5-14-3-6-15(22)7-4-14/h3-10,23,25H,2,11-13,24H2,1H3/b8-5+,23-17?. The molecule has 0 bridgehead atoms. The highest BCUT2D eigenvalue weighted by molar-refractivity contribution is 6.14. The summed E-state index contributed by atoms with van der Waals surface area (Å²) in [5.74, 6) is -0.265. The number of benzene rings is 2. The summed E-state index contributed by atoms with van der Waals surface area (Å²) in [6.07, 6.45) is 7.09. The fourth-order valence-corrected chi connectivity index (χ4v) is 3.46. The average Bonchev–Trinajstić information content (AvgIpc) is 3.40. The molecule has 0 aromatic heterocycles. The van der Waals surface area contributed by atoms with Gasteiger partial charge in [-0.25, -0.2) is 9.82 Å². The second-order valence-electron chi connectivity index (χ2n) is 7.16. The monoisotopic (exact) mass is 350 g/mol. The Labute approximate surface area is 153 Å². The molecular weight excluding hydrogens is 327 g/mol. The third-order valence-corrected chi connectivity index (χ3v) is 5.41. The number of halogens is 1. The molecule has 4 nitrogen and oxygen atoms in total. The lowest BCUT2D eigenvalue weighted by Gasteiger charge is -2.40. The predicted octanol–water partition coefficient (Wildman–Crippen LogP) is 4.26. The number of fused-ring (bicyclic) bond motifs is 1. The fraction of sp³-hybridized carbons (Fsp3) is 0.286. The molecule has 4 N–H and O–H groups in total. The Balaban J connectivity index is 1.54. The van der Waals surface area contributed by atoms with Crippen LogP contribution in [0.4, 0.5) is 15.8 Å². The largest absolute Gasteiger partial charge is 0.398 e. The lowest BCUT2D eigenvalue weighted by atomic mass is 9.93. The Morgan fingerprint density at radius 3 is 2.65 bits per heavy atom. The molecule has 4 rings (SSSR count). The minimum Gasteiger partial charge on any atom is -0.398 e. The summed E-state index contributed by atoms with van der Waals surface area (Å²) in [6, 6.07) is 10.1. The molecule has 2 aliphatic rings. The Morgan fingerprint density at radius 1 is 1.27 bits per heavy atom. The third-order valence-electron chi connectivity index (χ3n) is 5.41. The normalized spacial score (nSPS) is 17.1. The van der Waals surface area contributed by atoms with Crippen molar-refractivity contribution in [2.24, 2.45) is 0 Å². The maximum atomic E-state index is 13.0. The highest BCUT2D eigenvalue weighted by Gasteiger charge is 2.44. The van der Waals surface area contributed by atoms with Gasteiger partial charge in [0.05, 0.1) is 17.9 Å². The maximum Gasteiger partial charge on any atom is 0.123 e. The van der Waals surface area contributed by atoms with Crippen molar-refractivity contribution < 1.29 is 4.39 Å². The number of hydrazine groups is 1. The highest BCUT2D eigenvalue weighted by Crippen LogP contribution is 2.43. The van der Waals surface area contributed by atoms with Crippen molar-refractivity contribution in [2.75, 3.05) is 10.7 Å². The molecule has 2 aromatic rings. The number of rotatable bonds is 6. The Hall–Kier alpha value is -2.66. The number of nitrogens with one attached hydrogen (secondary N) is 2. The molecule has 1 heterocycles. The summed E-state index contributed by atoms with van der Waals surface area (Å²) in [4.78, 5) is 0. The topological polar surface area (TPSA) is 65.1 Å². The van der Waals surface area contributed by atoms with Crippen LogP contribution in [0.25, 0.3) is 6.08 Å². The van der Waals surface area contributed by atoms with E-state index in [4.69, 9.17) is 11.1 Å². The van der Waals surface area contributed by atoms with Gasteiger partial charge in [0.25, 0.3) is 0 Å². The number of hydrogen-bond donors (Lipinski definition) is 3. The van der Waals surface area contributed by atoms with Gasteiger partial charge < -0.3 is 16.2 Å². The molecule has 1 fully saturated rings. The molecule has 0 radical (unpaired) electrons. The number of nitrogen functional groups attached to an aromatic ring is 1. The smallest absolute Gasteiger partial charge is 0.123 e. The van der Waals surface area contributed by atoms with Crippen molar-refractivity contribution in [3.8, 4) is 0 Å². The van der Waals surface area contributed by atoms with E-state index in [0.717, 1.165) is 35.3 Å². The van der Waals surface area contributed by atoms with E-state index in [-0.39, 0.29) is 11.4 Å². The van der Waals surface area contributed by atoms with Crippen molar-refractivity contribution in [3.63, 3.8) is 0 Å². The summed E-state index contributed by atoms with van der Waals surface area (Å²) in [6.45, 7) is 2.97. The van der Waals surface area contributed by atoms with Crippen LogP contribution in [0.2, 0.25) is 0 Å². The lowest BCUT2D eigenvalue weighted by Crippen LogP contribution is -2.51. The van der Waals surface area contributed by atoms with Crippen molar-refractivity contribution in [3.05, 3.63) is 65.0 Å². The number of nitrogens with zero attached hydrogens (tertiary/aromatic N) is 1. The van der Waals surface area contributed by atoms with Gasteiger partial charge in [0.1, 0.15) is 5.82 Å². The summed E-state index contributed by atoms with van der Waals surface area (Å²) in [7, 11) is 0. The van der Waals surface area contributed by atoms with E-state index in [1.54, 1.807) is 18.2 Å². The van der Waals surface area contributed by atoms with E-state index >= 15 is 0 Å². The minimum absolute atomic E-state index is 0.259. The zero-order chi connectivity index (χ0) is 18.3. The van der Waals surface area contributed by atoms with Gasteiger partial charge >= 0.3 is 0 Å². The van der Waals surface area contributed by atoms with Crippen LogP contribution in [0.5, 0.6) is 0 Å². The number of allylic oxidation sites excluding steroid dienone is 1. The molecule has 0 unspecified atom stereocenters. The van der Waals surface area contributed by atoms with Gasteiger partial charge in [0.2, 0.25) is 0 Å². The molecular formula is C21H23FN4. The van der Waals surface area contributed by atoms with E-state index in [2.05, 4.69) is 17.4 Å². The molecule has 1 aliphatic carbocycles. The van der Waals surface area contributed by atoms with Crippen LogP contribution in [0.3, 0.4) is 0 Å². The Morgan fingerprint density at radius 2 is 2.00 bits per heavy atom. The van der Waals surface area contributed by atoms with E-state index in [1.807, 2.05) is 18.2 Å². The van der Waals surface area contributed by atoms with Crippen LogP contribution in [0, 0.1) is 11.2 Å². The SMILES string of the molecule is CCC1(NN2Cc3c2ccc(N)c3C(=N)/C=C/c2ccc(F)cc2)CC1. The van der Waals surface area contributed by atoms with Crippen molar-refractivity contribution in [1.82, 2.24) is 5.43 Å². The lowest BCUT2D eigenvalue weighted by molar-refractivity contribution is 0.439. The van der Waals surface area contributed by atoms with Gasteiger partial charge in [0.15, 0.2) is 0 Å². The Kier molecular flexibility index (Phi) is 4.04. The summed E-state index contributed by atoms with van der Waals surface area (Å²) < 4.78 is 13.0. The number of hydrogen-bond acceptors (Lipinski definition) is 4. The molecule has 5 heteroatoms. The first-order chi connectivity index (χ1) is 12.5. The molecule has 1 saturated carbocycles. The van der Waals surface area contributed by atoms with Crippen molar-refractivity contribution >= 4 is 23.2 Å². The first-order valence-corrected chi connectivity index (χ1v) is 9.01. The molecule has 0 amide bonds. The van der Waals surface area contributed by atoms with Crippen LogP contribution < -0.4 is 16.2 Å². The second-order valence-corrected chi connectivity index (χ2v) is 7.16. The Bertz CT molecular complexity index is 882. The van der Waals surface area contributed by atoms with Crippen LogP contribution >= 0.6 is 0 Å². The van der Waals surface area contributed by atoms with Gasteiger partial charge in [-0.3, -0.25) is 0 Å². The van der Waals surface area contributed by atoms with E-state index in [1.165, 1.54) is 25.0 Å². The molecule has 1 aliphatic heterocycles. The van der Waals surface area contributed by atoms with Crippen molar-refractivity contribution in [1.29, 1.82) is 5.41 Å². The predicted molar refractivity (Wildman–Crippen MR) is 105 cm³/mol. The van der Waals surface area contributed by atoms with Gasteiger partial charge in [-0.15, -0.1) is 0 Å². The zero-order valence-electron chi connectivity index (χ0n) is 14.8. The molecule has 0 saturated heterocycles. The zero-order valence-corrected chi connectivity index (χ0v) is 14.8. The van der Waals surface area contributed by atoms with Gasteiger partial charge in [0, 0.05) is 22.4 Å². The third kappa shape index (κ3) is 2.99.